The number of primary amides is 1. The van der Waals surface area contributed by atoms with Crippen LogP contribution in [0.1, 0.15) is 58.0 Å². The van der Waals surface area contributed by atoms with Crippen LogP contribution in [-0.4, -0.2) is 34.1 Å². The molecule has 1 saturated carbocycles. The average molecular weight is 496 g/mol. The zero-order valence-corrected chi connectivity index (χ0v) is 20.0. The normalized spacial score (nSPS) is 14.6. The molecule has 9 heteroatoms. The van der Waals surface area contributed by atoms with Gasteiger partial charge in [0, 0.05) is 35.8 Å². The van der Waals surface area contributed by atoms with E-state index in [9.17, 15) is 14.7 Å². The monoisotopic (exact) mass is 495 g/mol. The number of halogens is 1. The molecule has 3 N–H and O–H groups in total. The summed E-state index contributed by atoms with van der Waals surface area (Å²) in [5.74, 6) is 0.310. The summed E-state index contributed by atoms with van der Waals surface area (Å²) in [5.41, 5.74) is 7.17. The van der Waals surface area contributed by atoms with Crippen molar-refractivity contribution in [3.63, 3.8) is 0 Å². The Kier molecular flexibility index (Phi) is 6.27. The van der Waals surface area contributed by atoms with Gasteiger partial charge in [-0.2, -0.15) is 0 Å². The maximum absolute atomic E-state index is 13.4. The third kappa shape index (κ3) is 4.77. The molecule has 3 heterocycles. The number of carbonyl (C=O) groups is 1. The largest absolute Gasteiger partial charge is 0.467 e. The highest BCUT2D eigenvalue weighted by Gasteiger charge is 2.31. The number of pyridine rings is 1. The van der Waals surface area contributed by atoms with Crippen LogP contribution in [0.25, 0.3) is 11.1 Å². The molecule has 182 valence electrons. The lowest BCUT2D eigenvalue weighted by molar-refractivity contribution is 0.0997. The van der Waals surface area contributed by atoms with Gasteiger partial charge in [-0.15, -0.1) is 0 Å². The first kappa shape index (κ1) is 23.4. The molecule has 1 fully saturated rings. The maximum Gasteiger partial charge on any atom is 0.254 e. The van der Waals surface area contributed by atoms with Crippen LogP contribution in [0.5, 0.6) is 0 Å². The van der Waals surface area contributed by atoms with Crippen LogP contribution in [0.15, 0.2) is 62.5 Å². The minimum Gasteiger partial charge on any atom is -0.467 e. The number of rotatable bonds is 9. The fraction of sp³-hybridized carbons (Fsp3) is 0.308. The number of benzene rings is 1. The van der Waals surface area contributed by atoms with E-state index in [0.29, 0.717) is 52.7 Å². The molecule has 5 rings (SSSR count). The summed E-state index contributed by atoms with van der Waals surface area (Å²) in [6.07, 6.45) is 4.52. The lowest BCUT2D eigenvalue weighted by atomic mass is 10.0. The van der Waals surface area contributed by atoms with E-state index in [1.807, 2.05) is 28.6 Å². The van der Waals surface area contributed by atoms with Crippen LogP contribution in [0.3, 0.4) is 0 Å². The third-order valence-corrected chi connectivity index (χ3v) is 6.57. The van der Waals surface area contributed by atoms with E-state index in [0.717, 1.165) is 18.4 Å². The molecule has 0 aliphatic heterocycles. The van der Waals surface area contributed by atoms with Gasteiger partial charge < -0.3 is 24.2 Å². The smallest absolute Gasteiger partial charge is 0.254 e. The number of furan rings is 2. The molecule has 0 unspecified atom stereocenters. The molecule has 1 aliphatic carbocycles. The number of aromatic nitrogens is 1. The molecule has 3 aromatic heterocycles. The first-order valence-corrected chi connectivity index (χ1v) is 11.8. The Labute approximate surface area is 206 Å². The molecule has 0 bridgehead atoms. The molecule has 0 radical (unpaired) electrons. The van der Waals surface area contributed by atoms with E-state index in [4.69, 9.17) is 26.2 Å². The van der Waals surface area contributed by atoms with Crippen LogP contribution in [0.4, 0.5) is 0 Å². The Morgan fingerprint density at radius 3 is 2.66 bits per heavy atom. The van der Waals surface area contributed by atoms with Gasteiger partial charge in [0.15, 0.2) is 0 Å². The lowest BCUT2D eigenvalue weighted by Crippen LogP contribution is -2.25. The summed E-state index contributed by atoms with van der Waals surface area (Å²) >= 11 is 6.06. The number of likely N-dealkylation sites (N-methyl/N-ethyl adjacent to an activating group) is 1. The van der Waals surface area contributed by atoms with E-state index in [1.54, 1.807) is 24.3 Å². The Hall–Kier alpha value is -3.33. The van der Waals surface area contributed by atoms with Crippen molar-refractivity contribution < 1.29 is 18.7 Å². The number of nitrogens with two attached hydrogens (primary N) is 1. The quantitative estimate of drug-likeness (QED) is 0.362. The minimum atomic E-state index is -0.813. The predicted octanol–water partition coefficient (Wildman–Crippen LogP) is 4.03. The van der Waals surface area contributed by atoms with Gasteiger partial charge in [-0.3, -0.25) is 14.5 Å². The van der Waals surface area contributed by atoms with Gasteiger partial charge in [-0.05, 0) is 49.7 Å². The topological polar surface area (TPSA) is 115 Å². The Morgan fingerprint density at radius 1 is 1.29 bits per heavy atom. The van der Waals surface area contributed by atoms with Gasteiger partial charge in [-0.1, -0.05) is 23.7 Å². The summed E-state index contributed by atoms with van der Waals surface area (Å²) in [7, 11) is 1.85. The Morgan fingerprint density at radius 2 is 2.03 bits per heavy atom. The van der Waals surface area contributed by atoms with Crippen LogP contribution < -0.4 is 11.2 Å². The van der Waals surface area contributed by atoms with Crippen molar-refractivity contribution in [2.24, 2.45) is 5.73 Å². The number of amides is 1. The average Bonchev–Trinajstić information content (AvgIpc) is 3.38. The van der Waals surface area contributed by atoms with E-state index in [2.05, 4.69) is 0 Å². The van der Waals surface area contributed by atoms with Crippen molar-refractivity contribution in [2.45, 2.75) is 38.0 Å². The van der Waals surface area contributed by atoms with Gasteiger partial charge in [0.1, 0.15) is 23.2 Å². The Balaban J connectivity index is 1.59. The molecule has 35 heavy (non-hydrogen) atoms. The number of fused-ring (bicyclic) bond motifs is 1. The summed E-state index contributed by atoms with van der Waals surface area (Å²) in [5, 5.41) is 11.5. The first-order valence-electron chi connectivity index (χ1n) is 11.5. The predicted molar refractivity (Wildman–Crippen MR) is 132 cm³/mol. The van der Waals surface area contributed by atoms with Crippen molar-refractivity contribution >= 4 is 28.6 Å². The number of aliphatic hydroxyl groups excluding tert-OH is 1. The zero-order valence-electron chi connectivity index (χ0n) is 19.2. The van der Waals surface area contributed by atoms with E-state index < -0.39 is 17.4 Å². The maximum atomic E-state index is 13.4. The van der Waals surface area contributed by atoms with E-state index >= 15 is 0 Å². The highest BCUT2D eigenvalue weighted by Crippen LogP contribution is 2.39. The van der Waals surface area contributed by atoms with Crippen LogP contribution >= 0.6 is 11.6 Å². The second kappa shape index (κ2) is 9.37. The van der Waals surface area contributed by atoms with Gasteiger partial charge in [0.05, 0.1) is 18.2 Å². The fourth-order valence-electron chi connectivity index (χ4n) is 4.40. The van der Waals surface area contributed by atoms with E-state index in [1.165, 1.54) is 12.5 Å². The molecule has 0 spiro atoms. The van der Waals surface area contributed by atoms with Crippen LogP contribution in [0.2, 0.25) is 5.02 Å². The first-order chi connectivity index (χ1) is 16.8. The van der Waals surface area contributed by atoms with Crippen molar-refractivity contribution in [2.75, 3.05) is 13.6 Å². The number of nitrogens with zero attached hydrogens (tertiary/aromatic N) is 2. The molecule has 1 amide bonds. The summed E-state index contributed by atoms with van der Waals surface area (Å²) in [6, 6.07) is 11.0. The number of hydrogen-bond acceptors (Lipinski definition) is 6. The molecular formula is C26H26ClN3O5. The molecule has 1 atom stereocenters. The SMILES string of the molecule is CN(Cc1oc2c(c1Cc1ccc(Cl)cc1)c(=O)c(C(N)=O)cn2C1CC1)C[C@@H](O)c1ccco1. The molecular weight excluding hydrogens is 470 g/mol. The molecule has 1 aliphatic rings. The molecule has 4 aromatic rings. The van der Waals surface area contributed by atoms with E-state index in [-0.39, 0.29) is 11.6 Å². The second-order valence-corrected chi connectivity index (χ2v) is 9.53. The van der Waals surface area contributed by atoms with Gasteiger partial charge in [0.25, 0.3) is 5.91 Å². The van der Waals surface area contributed by atoms with Crippen molar-refractivity contribution in [3.8, 4) is 0 Å². The van der Waals surface area contributed by atoms with Crippen LogP contribution in [0, 0.1) is 0 Å². The van der Waals surface area contributed by atoms with Gasteiger partial charge >= 0.3 is 0 Å². The number of hydrogen-bond donors (Lipinski definition) is 2. The van der Waals surface area contributed by atoms with Crippen LogP contribution in [-0.2, 0) is 13.0 Å². The molecule has 0 saturated heterocycles. The lowest BCUT2D eigenvalue weighted by Gasteiger charge is -2.19. The number of carbonyl (C=O) groups excluding carboxylic acids is 1. The highest BCUT2D eigenvalue weighted by atomic mass is 35.5. The Bertz CT molecular complexity index is 1420. The zero-order chi connectivity index (χ0) is 24.7. The van der Waals surface area contributed by atoms with Crippen molar-refractivity contribution in [1.29, 1.82) is 0 Å². The summed E-state index contributed by atoms with van der Waals surface area (Å²) in [4.78, 5) is 27.4. The third-order valence-electron chi connectivity index (χ3n) is 6.32. The number of aliphatic hydroxyl groups is 1. The summed E-state index contributed by atoms with van der Waals surface area (Å²) in [6.45, 7) is 0.635. The second-order valence-electron chi connectivity index (χ2n) is 9.09. The standard InChI is InChI=1S/C26H26ClN3O5/c1-29(13-20(31)21-3-2-10-34-21)14-22-18(11-15-4-6-16(27)7-5-15)23-24(32)19(25(28)33)12-30(17-8-9-17)26(23)35-22/h2-7,10,12,17,20,31H,8-9,11,13-14H2,1H3,(H2,28,33)/t20-/m1/s1. The molecule has 8 nitrogen and oxygen atoms in total. The minimum absolute atomic E-state index is 0.0456. The van der Waals surface area contributed by atoms with Gasteiger partial charge in [-0.25, -0.2) is 0 Å². The van der Waals surface area contributed by atoms with Crippen molar-refractivity contribution in [1.82, 2.24) is 9.47 Å². The van der Waals surface area contributed by atoms with Crippen molar-refractivity contribution in [3.05, 3.63) is 92.3 Å². The highest BCUT2D eigenvalue weighted by molar-refractivity contribution is 6.30. The van der Waals surface area contributed by atoms with Gasteiger partial charge in [0.2, 0.25) is 11.1 Å². The fourth-order valence-corrected chi connectivity index (χ4v) is 4.53. The summed E-state index contributed by atoms with van der Waals surface area (Å²) < 4.78 is 13.5. The molecule has 1 aromatic carbocycles.